The Bertz CT molecular complexity index is 703. The van der Waals surface area contributed by atoms with Crippen molar-refractivity contribution in [3.05, 3.63) is 17.7 Å². The second-order valence-corrected chi connectivity index (χ2v) is 7.75. The van der Waals surface area contributed by atoms with Crippen LogP contribution in [-0.2, 0) is 10.2 Å². The molecule has 0 aromatic heterocycles. The van der Waals surface area contributed by atoms with E-state index in [0.717, 1.165) is 16.4 Å². The number of phenolic OH excluding ortho intramolecular Hbond substituents is 3. The Hall–Kier alpha value is -2.04. The summed E-state index contributed by atoms with van der Waals surface area (Å²) in [6.07, 6.45) is 0.906. The number of likely N-dealkylation sites (tertiary alicyclic amines) is 1. The Morgan fingerprint density at radius 1 is 1.17 bits per heavy atom. The molecule has 24 heavy (non-hydrogen) atoms. The third kappa shape index (κ3) is 3.89. The summed E-state index contributed by atoms with van der Waals surface area (Å²) in [5.41, 5.74) is 0.0510. The lowest BCUT2D eigenvalue weighted by Crippen LogP contribution is -2.49. The number of hydrogen-bond donors (Lipinski definition) is 4. The van der Waals surface area contributed by atoms with Gasteiger partial charge in [-0.15, -0.1) is 0 Å². The van der Waals surface area contributed by atoms with Crippen LogP contribution in [-0.4, -0.2) is 72.1 Å². The number of rotatable bonds is 4. The maximum atomic E-state index is 12.4. The third-order valence-electron chi connectivity index (χ3n) is 3.90. The fraction of sp³-hybridized carbons (Fsp3) is 0.500. The summed E-state index contributed by atoms with van der Waals surface area (Å²) < 4.78 is 27.3. The fourth-order valence-corrected chi connectivity index (χ4v) is 3.29. The van der Waals surface area contributed by atoms with Gasteiger partial charge in [0.05, 0.1) is 0 Å². The van der Waals surface area contributed by atoms with Gasteiger partial charge in [-0.2, -0.15) is 17.4 Å². The standard InChI is InChI=1S/C14H21N3O6S/c1-16(2)24(22,23)15-10-3-5-17(6-4-10)14(21)9-7-11(18)13(20)12(19)8-9/h7-8,10,15,18-20H,3-6H2,1-2H3. The van der Waals surface area contributed by atoms with Crippen molar-refractivity contribution < 1.29 is 28.5 Å². The quantitative estimate of drug-likeness (QED) is 0.551. The van der Waals surface area contributed by atoms with E-state index < -0.39 is 33.4 Å². The van der Waals surface area contributed by atoms with Crippen LogP contribution in [0, 0.1) is 0 Å². The maximum Gasteiger partial charge on any atom is 0.279 e. The highest BCUT2D eigenvalue weighted by Gasteiger charge is 2.28. The predicted octanol–water partition coefficient (Wildman–Crippen LogP) is -0.196. The topological polar surface area (TPSA) is 130 Å². The van der Waals surface area contributed by atoms with Crippen LogP contribution in [0.2, 0.25) is 0 Å². The van der Waals surface area contributed by atoms with Crippen LogP contribution in [0.5, 0.6) is 17.2 Å². The molecule has 1 aliphatic heterocycles. The van der Waals surface area contributed by atoms with Gasteiger partial charge in [0.1, 0.15) is 0 Å². The van der Waals surface area contributed by atoms with Gasteiger partial charge in [-0.25, -0.2) is 0 Å². The number of piperidine rings is 1. The van der Waals surface area contributed by atoms with Gasteiger partial charge in [0.15, 0.2) is 17.2 Å². The van der Waals surface area contributed by atoms with Crippen LogP contribution in [0.3, 0.4) is 0 Å². The molecule has 0 spiro atoms. The van der Waals surface area contributed by atoms with E-state index in [2.05, 4.69) is 4.72 Å². The molecule has 1 aromatic rings. The minimum Gasteiger partial charge on any atom is -0.504 e. The number of nitrogens with zero attached hydrogens (tertiary/aromatic N) is 2. The molecule has 1 aliphatic rings. The first-order valence-electron chi connectivity index (χ1n) is 7.36. The van der Waals surface area contributed by atoms with Crippen molar-refractivity contribution in [2.45, 2.75) is 18.9 Å². The fourth-order valence-electron chi connectivity index (χ4n) is 2.43. The summed E-state index contributed by atoms with van der Waals surface area (Å²) in [5.74, 6) is -2.24. The number of amides is 1. The minimum atomic E-state index is -3.52. The molecule has 2 rings (SSSR count). The van der Waals surface area contributed by atoms with Gasteiger partial charge in [-0.1, -0.05) is 0 Å². The third-order valence-corrected chi connectivity index (χ3v) is 5.49. The smallest absolute Gasteiger partial charge is 0.279 e. The Balaban J connectivity index is 2.01. The van der Waals surface area contributed by atoms with Gasteiger partial charge in [0.25, 0.3) is 16.1 Å². The predicted molar refractivity (Wildman–Crippen MR) is 86.1 cm³/mol. The number of aromatic hydroxyl groups is 3. The zero-order valence-electron chi connectivity index (χ0n) is 13.4. The number of benzene rings is 1. The van der Waals surface area contributed by atoms with E-state index in [0.29, 0.717) is 25.9 Å². The minimum absolute atomic E-state index is 0.0510. The zero-order valence-corrected chi connectivity index (χ0v) is 14.2. The molecule has 0 bridgehead atoms. The first-order chi connectivity index (χ1) is 11.1. The maximum absolute atomic E-state index is 12.4. The van der Waals surface area contributed by atoms with Crippen molar-refractivity contribution in [3.63, 3.8) is 0 Å². The summed E-state index contributed by atoms with van der Waals surface area (Å²) in [4.78, 5) is 13.9. The van der Waals surface area contributed by atoms with E-state index in [1.54, 1.807) is 0 Å². The zero-order chi connectivity index (χ0) is 18.1. The summed E-state index contributed by atoms with van der Waals surface area (Å²) in [5, 5.41) is 28.3. The van der Waals surface area contributed by atoms with E-state index in [4.69, 9.17) is 0 Å². The second-order valence-electron chi connectivity index (χ2n) is 5.83. The number of carbonyl (C=O) groups excluding carboxylic acids is 1. The van der Waals surface area contributed by atoms with Gasteiger partial charge >= 0.3 is 0 Å². The summed E-state index contributed by atoms with van der Waals surface area (Å²) in [6, 6.07) is 1.90. The number of nitrogens with one attached hydrogen (secondary N) is 1. The van der Waals surface area contributed by atoms with E-state index in [9.17, 15) is 28.5 Å². The van der Waals surface area contributed by atoms with Gasteiger partial charge in [0.2, 0.25) is 0 Å². The lowest BCUT2D eigenvalue weighted by molar-refractivity contribution is 0.0710. The molecule has 9 nitrogen and oxygen atoms in total. The van der Waals surface area contributed by atoms with Crippen molar-refractivity contribution in [1.29, 1.82) is 0 Å². The molecule has 1 heterocycles. The monoisotopic (exact) mass is 359 g/mol. The van der Waals surface area contributed by atoms with Crippen LogP contribution in [0.1, 0.15) is 23.2 Å². The van der Waals surface area contributed by atoms with Gasteiger partial charge in [0, 0.05) is 38.8 Å². The molecule has 4 N–H and O–H groups in total. The largest absolute Gasteiger partial charge is 0.504 e. The van der Waals surface area contributed by atoms with Gasteiger partial charge in [-0.3, -0.25) is 4.79 Å². The average molecular weight is 359 g/mol. The molecule has 0 radical (unpaired) electrons. The highest BCUT2D eigenvalue weighted by Crippen LogP contribution is 2.35. The Morgan fingerprint density at radius 2 is 1.67 bits per heavy atom. The molecule has 1 aromatic carbocycles. The van der Waals surface area contributed by atoms with Crippen LogP contribution >= 0.6 is 0 Å². The van der Waals surface area contributed by atoms with E-state index in [-0.39, 0.29) is 11.6 Å². The average Bonchev–Trinajstić information content (AvgIpc) is 2.51. The molecule has 1 saturated heterocycles. The van der Waals surface area contributed by atoms with Gasteiger partial charge in [-0.05, 0) is 25.0 Å². The molecule has 0 unspecified atom stereocenters. The molecule has 134 valence electrons. The SMILES string of the molecule is CN(C)S(=O)(=O)NC1CCN(C(=O)c2cc(O)c(O)c(O)c2)CC1. The molecule has 0 saturated carbocycles. The molecule has 1 amide bonds. The second kappa shape index (κ2) is 6.83. The molecule has 0 atom stereocenters. The van der Waals surface area contributed by atoms with Crippen LogP contribution in [0.4, 0.5) is 0 Å². The van der Waals surface area contributed by atoms with Crippen LogP contribution < -0.4 is 4.72 Å². The first kappa shape index (κ1) is 18.3. The number of phenols is 3. The van der Waals surface area contributed by atoms with Crippen molar-refractivity contribution in [2.24, 2.45) is 0 Å². The normalized spacial score (nSPS) is 16.5. The van der Waals surface area contributed by atoms with Crippen molar-refractivity contribution in [1.82, 2.24) is 13.9 Å². The van der Waals surface area contributed by atoms with E-state index >= 15 is 0 Å². The lowest BCUT2D eigenvalue weighted by Gasteiger charge is -2.32. The van der Waals surface area contributed by atoms with E-state index in [1.807, 2.05) is 0 Å². The van der Waals surface area contributed by atoms with Crippen LogP contribution in [0.15, 0.2) is 12.1 Å². The van der Waals surface area contributed by atoms with Crippen molar-refractivity contribution >= 4 is 16.1 Å². The highest BCUT2D eigenvalue weighted by atomic mass is 32.2. The summed E-state index contributed by atoms with van der Waals surface area (Å²) >= 11 is 0. The highest BCUT2D eigenvalue weighted by molar-refractivity contribution is 7.87. The summed E-state index contributed by atoms with van der Waals surface area (Å²) in [6.45, 7) is 0.670. The molecule has 0 aliphatic carbocycles. The Kier molecular flexibility index (Phi) is 5.21. The molecule has 1 fully saturated rings. The van der Waals surface area contributed by atoms with Crippen molar-refractivity contribution in [2.75, 3.05) is 27.2 Å². The van der Waals surface area contributed by atoms with Gasteiger partial charge < -0.3 is 20.2 Å². The molecular weight excluding hydrogens is 338 g/mol. The Labute approximate surface area is 140 Å². The van der Waals surface area contributed by atoms with E-state index in [1.165, 1.54) is 19.0 Å². The number of carbonyl (C=O) groups is 1. The van der Waals surface area contributed by atoms with Crippen LogP contribution in [0.25, 0.3) is 0 Å². The lowest BCUT2D eigenvalue weighted by atomic mass is 10.0. The summed E-state index contributed by atoms with van der Waals surface area (Å²) in [7, 11) is -0.647. The first-order valence-corrected chi connectivity index (χ1v) is 8.80. The van der Waals surface area contributed by atoms with Crippen molar-refractivity contribution in [3.8, 4) is 17.2 Å². The molecular formula is C14H21N3O6S. The number of hydrogen-bond acceptors (Lipinski definition) is 6. The molecule has 10 heteroatoms. The Morgan fingerprint density at radius 3 is 2.12 bits per heavy atom.